The molecule has 2 aliphatic heterocycles. The molecular formula is C52H86O4. The first-order valence-electron chi connectivity index (χ1n) is 23.2. The molecule has 0 radical (unpaired) electrons. The van der Waals surface area contributed by atoms with Gasteiger partial charge < -0.3 is 18.9 Å². The van der Waals surface area contributed by atoms with Gasteiger partial charge in [-0.1, -0.05) is 160 Å². The van der Waals surface area contributed by atoms with Gasteiger partial charge in [-0.25, -0.2) is 0 Å². The second-order valence-electron chi connectivity index (χ2n) is 21.2. The average molecular weight is 775 g/mol. The predicted octanol–water partition coefficient (Wildman–Crippen LogP) is 15.1. The van der Waals surface area contributed by atoms with Gasteiger partial charge in [0.15, 0.2) is 0 Å². The summed E-state index contributed by atoms with van der Waals surface area (Å²) in [5, 5.41) is 0. The lowest BCUT2D eigenvalue weighted by molar-refractivity contribution is 0.195. The van der Waals surface area contributed by atoms with Gasteiger partial charge >= 0.3 is 0 Å². The van der Waals surface area contributed by atoms with Crippen LogP contribution in [0.1, 0.15) is 222 Å². The fourth-order valence-corrected chi connectivity index (χ4v) is 8.58. The van der Waals surface area contributed by atoms with E-state index in [1.165, 1.54) is 110 Å². The number of unbranched alkanes of at least 4 members (excludes halogenated alkanes) is 8. The Balaban J connectivity index is 2.05. The zero-order chi connectivity index (χ0) is 41.4. The molecule has 2 heterocycles. The molecule has 2 aromatic rings. The van der Waals surface area contributed by atoms with Crippen molar-refractivity contribution in [3.63, 3.8) is 0 Å². The van der Waals surface area contributed by atoms with Crippen molar-refractivity contribution < 1.29 is 18.9 Å². The molecule has 2 fully saturated rings. The van der Waals surface area contributed by atoms with Crippen LogP contribution in [0.25, 0.3) is 11.1 Å². The van der Waals surface area contributed by atoms with Gasteiger partial charge in [0.05, 0.1) is 13.2 Å². The van der Waals surface area contributed by atoms with Gasteiger partial charge in [0.1, 0.15) is 35.9 Å². The quantitative estimate of drug-likeness (QED) is 0.0670. The van der Waals surface area contributed by atoms with Crippen molar-refractivity contribution in [1.82, 2.24) is 0 Å². The first-order valence-corrected chi connectivity index (χ1v) is 23.2. The summed E-state index contributed by atoms with van der Waals surface area (Å²) < 4.78 is 25.9. The van der Waals surface area contributed by atoms with Crippen molar-refractivity contribution in [2.45, 2.75) is 233 Å². The molecule has 0 amide bonds. The van der Waals surface area contributed by atoms with E-state index in [-0.39, 0.29) is 32.9 Å². The minimum absolute atomic E-state index is 0.0622. The molecular weight excluding hydrogens is 689 g/mol. The molecule has 2 saturated heterocycles. The number of ether oxygens (including phenoxy) is 4. The van der Waals surface area contributed by atoms with Crippen LogP contribution >= 0.6 is 0 Å². The van der Waals surface area contributed by atoms with Crippen molar-refractivity contribution in [3.05, 3.63) is 46.5 Å². The first kappa shape index (κ1) is 46.6. The second kappa shape index (κ2) is 19.4. The normalized spacial score (nSPS) is 20.0. The standard InChI is InChI=1S/C52H86O4/c1-15-19-23-27-47(5,6)41-31-39(32-42(48(7,8)28-24-20-16-2)45(41)53-35-51(13)37-55-51)40-33-43(49(9,10)29-25-21-17-3)46(54-36-52(14)38-56-52)44(34-40)50(11,12)30-26-22-18-4/h31-34H,15-30,35-38H2,1-14H3. The van der Waals surface area contributed by atoms with Gasteiger partial charge in [0.25, 0.3) is 0 Å². The number of rotatable bonds is 27. The number of hydrogen-bond donors (Lipinski definition) is 0. The van der Waals surface area contributed by atoms with Crippen molar-refractivity contribution >= 4 is 0 Å². The van der Waals surface area contributed by atoms with E-state index in [9.17, 15) is 0 Å². The van der Waals surface area contributed by atoms with Crippen molar-refractivity contribution in [3.8, 4) is 22.6 Å². The summed E-state index contributed by atoms with van der Waals surface area (Å²) in [4.78, 5) is 0. The minimum Gasteiger partial charge on any atom is -0.490 e. The maximum absolute atomic E-state index is 7.07. The van der Waals surface area contributed by atoms with E-state index in [1.54, 1.807) is 0 Å². The summed E-state index contributed by atoms with van der Waals surface area (Å²) in [7, 11) is 0. The Hall–Kier alpha value is -2.04. The molecule has 4 rings (SSSR count). The lowest BCUT2D eigenvalue weighted by Gasteiger charge is -2.36. The molecule has 2 unspecified atom stereocenters. The van der Waals surface area contributed by atoms with Gasteiger partial charge in [0.2, 0.25) is 0 Å². The van der Waals surface area contributed by atoms with Crippen LogP contribution < -0.4 is 9.47 Å². The molecule has 0 bridgehead atoms. The van der Waals surface area contributed by atoms with Crippen LogP contribution in [-0.2, 0) is 31.1 Å². The molecule has 0 aliphatic carbocycles. The lowest BCUT2D eigenvalue weighted by atomic mass is 9.71. The highest BCUT2D eigenvalue weighted by atomic mass is 16.6. The smallest absolute Gasteiger partial charge is 0.126 e. The zero-order valence-electron chi connectivity index (χ0n) is 39.1. The van der Waals surface area contributed by atoms with Crippen molar-refractivity contribution in [1.29, 1.82) is 0 Å². The van der Waals surface area contributed by atoms with Crippen LogP contribution in [0.15, 0.2) is 24.3 Å². The SMILES string of the molecule is CCCCCC(C)(C)c1cc(-c2cc(C(C)(C)CCCCC)c(OCC3(C)CO3)c(C(C)(C)CCCCC)c2)cc(C(C)(C)CCCCC)c1OCC1(C)CO1. The van der Waals surface area contributed by atoms with E-state index in [2.05, 4.69) is 121 Å². The molecule has 4 heteroatoms. The Morgan fingerprint density at radius 3 is 0.875 bits per heavy atom. The van der Waals surface area contributed by atoms with Crippen LogP contribution in [0.4, 0.5) is 0 Å². The van der Waals surface area contributed by atoms with Crippen LogP contribution in [-0.4, -0.2) is 37.6 Å². The number of hydrogen-bond acceptors (Lipinski definition) is 4. The summed E-state index contributed by atoms with van der Waals surface area (Å²) in [6.45, 7) is 36.0. The Bertz CT molecular complexity index is 1330. The highest BCUT2D eigenvalue weighted by Crippen LogP contribution is 2.50. The molecule has 2 aromatic carbocycles. The van der Waals surface area contributed by atoms with E-state index in [0.29, 0.717) is 13.2 Å². The summed E-state index contributed by atoms with van der Waals surface area (Å²) in [6.07, 6.45) is 19.2. The largest absolute Gasteiger partial charge is 0.490 e. The fourth-order valence-electron chi connectivity index (χ4n) is 8.58. The van der Waals surface area contributed by atoms with Gasteiger partial charge in [-0.15, -0.1) is 0 Å². The molecule has 56 heavy (non-hydrogen) atoms. The second-order valence-corrected chi connectivity index (χ2v) is 21.2. The average Bonchev–Trinajstić information content (AvgIpc) is 4.07. The summed E-state index contributed by atoms with van der Waals surface area (Å²) in [6, 6.07) is 10.1. The van der Waals surface area contributed by atoms with Crippen LogP contribution in [0.3, 0.4) is 0 Å². The topological polar surface area (TPSA) is 43.5 Å². The molecule has 0 aromatic heterocycles. The number of epoxide rings is 2. The minimum atomic E-state index is -0.194. The maximum atomic E-state index is 7.07. The third kappa shape index (κ3) is 12.5. The molecule has 0 saturated carbocycles. The highest BCUT2D eigenvalue weighted by molar-refractivity contribution is 5.73. The van der Waals surface area contributed by atoms with Gasteiger partial charge in [0, 0.05) is 22.3 Å². The van der Waals surface area contributed by atoms with E-state index in [1.807, 2.05) is 0 Å². The molecule has 318 valence electrons. The maximum Gasteiger partial charge on any atom is 0.126 e. The van der Waals surface area contributed by atoms with Gasteiger partial charge in [-0.3, -0.25) is 0 Å². The summed E-state index contributed by atoms with van der Waals surface area (Å²) in [5.74, 6) is 2.21. The van der Waals surface area contributed by atoms with E-state index in [0.717, 1.165) is 50.4 Å². The highest BCUT2D eigenvalue weighted by Gasteiger charge is 2.43. The lowest BCUT2D eigenvalue weighted by Crippen LogP contribution is -2.27. The zero-order valence-corrected chi connectivity index (χ0v) is 39.1. The fraction of sp³-hybridized carbons (Fsp3) is 0.769. The van der Waals surface area contributed by atoms with Crippen molar-refractivity contribution in [2.24, 2.45) is 0 Å². The van der Waals surface area contributed by atoms with E-state index in [4.69, 9.17) is 18.9 Å². The Morgan fingerprint density at radius 1 is 0.446 bits per heavy atom. The van der Waals surface area contributed by atoms with E-state index >= 15 is 0 Å². The Kier molecular flexibility index (Phi) is 16.1. The molecule has 2 aliphatic rings. The number of benzene rings is 2. The Labute approximate surface area is 346 Å². The third-order valence-corrected chi connectivity index (χ3v) is 13.4. The molecule has 4 nitrogen and oxygen atoms in total. The van der Waals surface area contributed by atoms with Crippen LogP contribution in [0.2, 0.25) is 0 Å². The third-order valence-electron chi connectivity index (χ3n) is 13.4. The van der Waals surface area contributed by atoms with Gasteiger partial charge in [-0.05, 0) is 96.6 Å². The first-order chi connectivity index (χ1) is 26.3. The van der Waals surface area contributed by atoms with Crippen molar-refractivity contribution in [2.75, 3.05) is 26.4 Å². The Morgan fingerprint density at radius 2 is 0.679 bits per heavy atom. The monoisotopic (exact) mass is 775 g/mol. The van der Waals surface area contributed by atoms with Crippen LogP contribution in [0.5, 0.6) is 11.5 Å². The molecule has 0 spiro atoms. The molecule has 0 N–H and O–H groups in total. The summed E-state index contributed by atoms with van der Waals surface area (Å²) in [5.41, 5.74) is 7.37. The molecule has 2 atom stereocenters. The van der Waals surface area contributed by atoms with E-state index < -0.39 is 0 Å². The van der Waals surface area contributed by atoms with Crippen LogP contribution in [0, 0.1) is 0 Å². The summed E-state index contributed by atoms with van der Waals surface area (Å²) >= 11 is 0. The predicted molar refractivity (Wildman–Crippen MR) is 240 cm³/mol. The van der Waals surface area contributed by atoms with Gasteiger partial charge in [-0.2, -0.15) is 0 Å².